The Labute approximate surface area is 102 Å². The monoisotopic (exact) mass is 242 g/mol. The number of amides is 2. The van der Waals surface area contributed by atoms with E-state index in [1.54, 1.807) is 14.0 Å². The zero-order valence-corrected chi connectivity index (χ0v) is 10.8. The second kappa shape index (κ2) is 5.89. The fourth-order valence-corrected chi connectivity index (χ4v) is 2.01. The van der Waals surface area contributed by atoms with Crippen LogP contribution < -0.4 is 0 Å². The third kappa shape index (κ3) is 3.91. The van der Waals surface area contributed by atoms with Crippen molar-refractivity contribution >= 4 is 12.0 Å². The number of hydrogen-bond acceptors (Lipinski definition) is 2. The highest BCUT2D eigenvalue weighted by Gasteiger charge is 2.24. The van der Waals surface area contributed by atoms with Crippen molar-refractivity contribution in [2.75, 3.05) is 26.7 Å². The van der Waals surface area contributed by atoms with Crippen molar-refractivity contribution in [2.45, 2.75) is 26.7 Å². The van der Waals surface area contributed by atoms with E-state index in [2.05, 4.69) is 6.92 Å². The number of urea groups is 1. The number of carbonyl (C=O) groups excluding carboxylic acids is 1. The molecule has 1 aliphatic rings. The molecule has 1 saturated heterocycles. The third-order valence-electron chi connectivity index (χ3n) is 3.35. The van der Waals surface area contributed by atoms with E-state index in [-0.39, 0.29) is 12.6 Å². The number of likely N-dealkylation sites (tertiary alicyclic amines) is 1. The molecule has 0 saturated carbocycles. The van der Waals surface area contributed by atoms with Gasteiger partial charge in [0.1, 0.15) is 0 Å². The van der Waals surface area contributed by atoms with E-state index >= 15 is 0 Å². The highest BCUT2D eigenvalue weighted by molar-refractivity contribution is 5.76. The van der Waals surface area contributed by atoms with Gasteiger partial charge in [0.2, 0.25) is 0 Å². The third-order valence-corrected chi connectivity index (χ3v) is 3.35. The van der Waals surface area contributed by atoms with Gasteiger partial charge in [0.05, 0.1) is 5.92 Å². The summed E-state index contributed by atoms with van der Waals surface area (Å²) in [7, 11) is 1.67. The summed E-state index contributed by atoms with van der Waals surface area (Å²) in [4.78, 5) is 26.1. The molecule has 1 aliphatic heterocycles. The molecule has 0 aromatic rings. The van der Waals surface area contributed by atoms with Crippen molar-refractivity contribution in [2.24, 2.45) is 11.8 Å². The van der Waals surface area contributed by atoms with Gasteiger partial charge in [0.15, 0.2) is 0 Å². The molecule has 1 heterocycles. The van der Waals surface area contributed by atoms with Crippen LogP contribution in [0.15, 0.2) is 0 Å². The molecule has 1 rings (SSSR count). The number of nitrogens with zero attached hydrogens (tertiary/aromatic N) is 2. The average molecular weight is 242 g/mol. The zero-order valence-electron chi connectivity index (χ0n) is 10.8. The molecule has 1 unspecified atom stereocenters. The summed E-state index contributed by atoms with van der Waals surface area (Å²) < 4.78 is 0. The minimum absolute atomic E-state index is 0.0509. The zero-order chi connectivity index (χ0) is 13.0. The Balaban J connectivity index is 2.43. The van der Waals surface area contributed by atoms with Crippen LogP contribution in [-0.2, 0) is 4.79 Å². The van der Waals surface area contributed by atoms with Crippen LogP contribution in [0, 0.1) is 11.8 Å². The number of carbonyl (C=O) groups is 2. The van der Waals surface area contributed by atoms with Crippen molar-refractivity contribution < 1.29 is 14.7 Å². The molecule has 17 heavy (non-hydrogen) atoms. The molecular weight excluding hydrogens is 220 g/mol. The Morgan fingerprint density at radius 2 is 1.94 bits per heavy atom. The second-order valence-corrected chi connectivity index (χ2v) is 5.07. The van der Waals surface area contributed by atoms with Gasteiger partial charge in [-0.1, -0.05) is 13.8 Å². The van der Waals surface area contributed by atoms with Gasteiger partial charge in [-0.3, -0.25) is 4.79 Å². The van der Waals surface area contributed by atoms with E-state index in [1.807, 2.05) is 4.90 Å². The fraction of sp³-hybridized carbons (Fsp3) is 0.833. The van der Waals surface area contributed by atoms with Crippen LogP contribution in [0.5, 0.6) is 0 Å². The first kappa shape index (κ1) is 13.8. The average Bonchev–Trinajstić information content (AvgIpc) is 2.28. The van der Waals surface area contributed by atoms with Gasteiger partial charge in [-0.25, -0.2) is 4.79 Å². The summed E-state index contributed by atoms with van der Waals surface area (Å²) in [6.45, 7) is 5.64. The quantitative estimate of drug-likeness (QED) is 0.815. The van der Waals surface area contributed by atoms with Crippen LogP contribution in [0.4, 0.5) is 4.79 Å². The van der Waals surface area contributed by atoms with Gasteiger partial charge in [-0.2, -0.15) is 0 Å². The maximum atomic E-state index is 12.0. The first-order valence-electron chi connectivity index (χ1n) is 6.14. The predicted octanol–water partition coefficient (Wildman–Crippen LogP) is 1.49. The van der Waals surface area contributed by atoms with Crippen molar-refractivity contribution in [1.82, 2.24) is 9.80 Å². The lowest BCUT2D eigenvalue weighted by Crippen LogP contribution is -2.46. The van der Waals surface area contributed by atoms with Gasteiger partial charge in [-0.15, -0.1) is 0 Å². The summed E-state index contributed by atoms with van der Waals surface area (Å²) in [6.07, 6.45) is 2.07. The number of hydrogen-bond donors (Lipinski definition) is 1. The van der Waals surface area contributed by atoms with Gasteiger partial charge in [-0.05, 0) is 18.8 Å². The maximum absolute atomic E-state index is 12.0. The molecule has 1 atom stereocenters. The number of carboxylic acid groups (broad SMARTS) is 1. The van der Waals surface area contributed by atoms with Gasteiger partial charge in [0.25, 0.3) is 0 Å². The number of rotatable bonds is 3. The van der Waals surface area contributed by atoms with E-state index in [9.17, 15) is 9.59 Å². The molecular formula is C12H22N2O3. The van der Waals surface area contributed by atoms with E-state index in [1.165, 1.54) is 4.90 Å². The summed E-state index contributed by atoms with van der Waals surface area (Å²) in [5.74, 6) is -0.702. The second-order valence-electron chi connectivity index (χ2n) is 5.07. The lowest BCUT2D eigenvalue weighted by Gasteiger charge is -2.33. The van der Waals surface area contributed by atoms with E-state index in [0.717, 1.165) is 25.9 Å². The van der Waals surface area contributed by atoms with Crippen LogP contribution in [0.1, 0.15) is 26.7 Å². The molecule has 0 aromatic carbocycles. The van der Waals surface area contributed by atoms with Crippen LogP contribution in [0.25, 0.3) is 0 Å². The molecule has 0 spiro atoms. The van der Waals surface area contributed by atoms with Crippen molar-refractivity contribution in [3.8, 4) is 0 Å². The summed E-state index contributed by atoms with van der Waals surface area (Å²) in [6, 6.07) is -0.0509. The SMILES string of the molecule is CC1CCN(C(=O)N(C)CC(C)C(=O)O)CC1. The summed E-state index contributed by atoms with van der Waals surface area (Å²) in [5, 5.41) is 8.81. The van der Waals surface area contributed by atoms with Gasteiger partial charge in [0, 0.05) is 26.7 Å². The molecule has 0 radical (unpaired) electrons. The van der Waals surface area contributed by atoms with Crippen LogP contribution in [-0.4, -0.2) is 53.6 Å². The maximum Gasteiger partial charge on any atom is 0.319 e. The Bertz CT molecular complexity index is 285. The van der Waals surface area contributed by atoms with E-state index < -0.39 is 11.9 Å². The molecule has 5 heteroatoms. The van der Waals surface area contributed by atoms with Crippen LogP contribution >= 0.6 is 0 Å². The molecule has 98 valence electrons. The van der Waals surface area contributed by atoms with Crippen LogP contribution in [0.3, 0.4) is 0 Å². The molecule has 1 fully saturated rings. The first-order chi connectivity index (χ1) is 7.91. The Hall–Kier alpha value is -1.26. The molecule has 0 aliphatic carbocycles. The summed E-state index contributed by atoms with van der Waals surface area (Å²) in [5.41, 5.74) is 0. The molecule has 2 amide bonds. The van der Waals surface area contributed by atoms with Crippen molar-refractivity contribution in [1.29, 1.82) is 0 Å². The Morgan fingerprint density at radius 3 is 2.41 bits per heavy atom. The van der Waals surface area contributed by atoms with Gasteiger partial charge < -0.3 is 14.9 Å². The predicted molar refractivity (Wildman–Crippen MR) is 64.8 cm³/mol. The van der Waals surface area contributed by atoms with E-state index in [0.29, 0.717) is 5.92 Å². The molecule has 1 N–H and O–H groups in total. The lowest BCUT2D eigenvalue weighted by atomic mass is 9.99. The Morgan fingerprint density at radius 1 is 1.41 bits per heavy atom. The number of aliphatic carboxylic acids is 1. The highest BCUT2D eigenvalue weighted by atomic mass is 16.4. The normalized spacial score (nSPS) is 18.9. The van der Waals surface area contributed by atoms with Crippen LogP contribution in [0.2, 0.25) is 0 Å². The highest BCUT2D eigenvalue weighted by Crippen LogP contribution is 2.17. The summed E-state index contributed by atoms with van der Waals surface area (Å²) >= 11 is 0. The largest absolute Gasteiger partial charge is 0.481 e. The Kier molecular flexibility index (Phi) is 4.78. The first-order valence-corrected chi connectivity index (χ1v) is 6.14. The molecule has 5 nitrogen and oxygen atoms in total. The number of carboxylic acids is 1. The lowest BCUT2D eigenvalue weighted by molar-refractivity contribution is -0.141. The van der Waals surface area contributed by atoms with E-state index in [4.69, 9.17) is 5.11 Å². The minimum Gasteiger partial charge on any atom is -0.481 e. The minimum atomic E-state index is -0.864. The van der Waals surface area contributed by atoms with Gasteiger partial charge >= 0.3 is 12.0 Å². The van der Waals surface area contributed by atoms with Crippen molar-refractivity contribution in [3.05, 3.63) is 0 Å². The standard InChI is InChI=1S/C12H22N2O3/c1-9-4-6-14(7-5-9)12(17)13(3)8-10(2)11(15)16/h9-10H,4-8H2,1-3H3,(H,15,16). The van der Waals surface area contributed by atoms with Crippen molar-refractivity contribution in [3.63, 3.8) is 0 Å². The fourth-order valence-electron chi connectivity index (χ4n) is 2.01. The smallest absolute Gasteiger partial charge is 0.319 e. The molecule has 0 bridgehead atoms. The number of piperidine rings is 1. The topological polar surface area (TPSA) is 60.9 Å². The molecule has 0 aromatic heterocycles.